The van der Waals surface area contributed by atoms with Crippen LogP contribution in [0.3, 0.4) is 0 Å². The van der Waals surface area contributed by atoms with E-state index in [-0.39, 0.29) is 16.1 Å². The molecular weight excluding hydrogens is 384 g/mol. The van der Waals surface area contributed by atoms with Crippen LogP contribution in [-0.4, -0.2) is 43.9 Å². The number of hydrogen-bond acceptors (Lipinski definition) is 7. The smallest absolute Gasteiger partial charge is 0.270 e. The topological polar surface area (TPSA) is 126 Å². The fourth-order valence-corrected chi connectivity index (χ4v) is 4.21. The first-order chi connectivity index (χ1) is 13.4. The van der Waals surface area contributed by atoms with Gasteiger partial charge in [0.1, 0.15) is 6.07 Å². The first kappa shape index (κ1) is 19.8. The molecule has 0 aromatic heterocycles. The van der Waals surface area contributed by atoms with Crippen LogP contribution >= 0.6 is 0 Å². The van der Waals surface area contributed by atoms with E-state index in [0.29, 0.717) is 38.5 Å². The van der Waals surface area contributed by atoms with E-state index in [0.717, 1.165) is 5.56 Å². The van der Waals surface area contributed by atoms with Gasteiger partial charge in [-0.3, -0.25) is 10.1 Å². The van der Waals surface area contributed by atoms with E-state index in [9.17, 15) is 23.8 Å². The number of nitro benzene ring substituents is 1. The SMILES string of the molecule is N#Cc1cc([N+](=O)[O-])ccc1NCc1ccc(S(=O)(=O)N2CCOCC2)cc1. The summed E-state index contributed by atoms with van der Waals surface area (Å²) in [6.07, 6.45) is 0. The number of nitriles is 1. The molecular formula is C18H18N4O5S. The van der Waals surface area contributed by atoms with Crippen molar-refractivity contribution in [1.82, 2.24) is 4.31 Å². The van der Waals surface area contributed by atoms with Crippen LogP contribution in [0.1, 0.15) is 11.1 Å². The van der Waals surface area contributed by atoms with E-state index in [1.807, 2.05) is 6.07 Å². The summed E-state index contributed by atoms with van der Waals surface area (Å²) in [5.41, 5.74) is 1.29. The maximum Gasteiger partial charge on any atom is 0.270 e. The molecule has 1 N–H and O–H groups in total. The second-order valence-corrected chi connectivity index (χ2v) is 8.05. The summed E-state index contributed by atoms with van der Waals surface area (Å²) < 4.78 is 31.8. The van der Waals surface area contributed by atoms with Crippen LogP contribution in [0.5, 0.6) is 0 Å². The van der Waals surface area contributed by atoms with Crippen molar-refractivity contribution in [2.24, 2.45) is 0 Å². The number of rotatable bonds is 6. The molecule has 1 aliphatic rings. The van der Waals surface area contributed by atoms with Gasteiger partial charge in [0.15, 0.2) is 0 Å². The predicted molar refractivity (Wildman–Crippen MR) is 101 cm³/mol. The zero-order valence-corrected chi connectivity index (χ0v) is 15.7. The summed E-state index contributed by atoms with van der Waals surface area (Å²) in [7, 11) is -3.54. The predicted octanol–water partition coefficient (Wildman–Crippen LogP) is 2.10. The molecule has 1 saturated heterocycles. The van der Waals surface area contributed by atoms with E-state index < -0.39 is 14.9 Å². The fraction of sp³-hybridized carbons (Fsp3) is 0.278. The molecule has 2 aromatic carbocycles. The zero-order valence-electron chi connectivity index (χ0n) is 14.9. The van der Waals surface area contributed by atoms with Crippen molar-refractivity contribution in [2.45, 2.75) is 11.4 Å². The quantitative estimate of drug-likeness (QED) is 0.579. The van der Waals surface area contributed by atoms with Gasteiger partial charge in [0.2, 0.25) is 10.0 Å². The molecule has 0 spiro atoms. The average molecular weight is 402 g/mol. The molecule has 0 aliphatic carbocycles. The van der Waals surface area contributed by atoms with Gasteiger partial charge in [0, 0.05) is 31.8 Å². The molecule has 1 fully saturated rings. The zero-order chi connectivity index (χ0) is 20.1. The number of benzene rings is 2. The lowest BCUT2D eigenvalue weighted by molar-refractivity contribution is -0.384. The Bertz CT molecular complexity index is 1010. The average Bonchev–Trinajstić information content (AvgIpc) is 2.73. The van der Waals surface area contributed by atoms with Crippen LogP contribution < -0.4 is 5.32 Å². The van der Waals surface area contributed by atoms with Crippen LogP contribution in [0.4, 0.5) is 11.4 Å². The molecule has 0 unspecified atom stereocenters. The Balaban J connectivity index is 1.70. The summed E-state index contributed by atoms with van der Waals surface area (Å²) >= 11 is 0. The molecule has 0 bridgehead atoms. The van der Waals surface area contributed by atoms with Gasteiger partial charge in [-0.05, 0) is 23.8 Å². The third-order valence-electron chi connectivity index (χ3n) is 4.35. The number of morpholine rings is 1. The number of ether oxygens (including phenoxy) is 1. The minimum atomic E-state index is -3.54. The van der Waals surface area contributed by atoms with Crippen molar-refractivity contribution >= 4 is 21.4 Å². The molecule has 0 atom stereocenters. The van der Waals surface area contributed by atoms with Crippen molar-refractivity contribution < 1.29 is 18.1 Å². The van der Waals surface area contributed by atoms with Gasteiger partial charge in [-0.2, -0.15) is 9.57 Å². The van der Waals surface area contributed by atoms with Gasteiger partial charge in [0.25, 0.3) is 5.69 Å². The highest BCUT2D eigenvalue weighted by Gasteiger charge is 2.26. The number of nitro groups is 1. The van der Waals surface area contributed by atoms with Gasteiger partial charge in [0.05, 0.1) is 34.3 Å². The molecule has 3 rings (SSSR count). The van der Waals surface area contributed by atoms with Gasteiger partial charge in [-0.1, -0.05) is 12.1 Å². The van der Waals surface area contributed by atoms with Crippen molar-refractivity contribution in [3.63, 3.8) is 0 Å². The lowest BCUT2D eigenvalue weighted by atomic mass is 10.1. The van der Waals surface area contributed by atoms with Gasteiger partial charge in [-0.25, -0.2) is 8.42 Å². The lowest BCUT2D eigenvalue weighted by Crippen LogP contribution is -2.40. The van der Waals surface area contributed by atoms with Crippen LogP contribution in [-0.2, 0) is 21.3 Å². The normalized spacial score (nSPS) is 15.0. The first-order valence-corrected chi connectivity index (χ1v) is 9.95. The molecule has 1 aliphatic heterocycles. The number of non-ortho nitro benzene ring substituents is 1. The number of nitrogens with one attached hydrogen (secondary N) is 1. The molecule has 2 aromatic rings. The molecule has 0 saturated carbocycles. The summed E-state index contributed by atoms with van der Waals surface area (Å²) in [6.45, 7) is 1.78. The Kier molecular flexibility index (Phi) is 5.89. The molecule has 9 nitrogen and oxygen atoms in total. The summed E-state index contributed by atoms with van der Waals surface area (Å²) in [5.74, 6) is 0. The Labute approximate surface area is 162 Å². The van der Waals surface area contributed by atoms with Crippen LogP contribution in [0, 0.1) is 21.4 Å². The Morgan fingerprint density at radius 2 is 1.86 bits per heavy atom. The number of anilines is 1. The number of nitrogens with zero attached hydrogens (tertiary/aromatic N) is 3. The maximum atomic E-state index is 12.6. The minimum Gasteiger partial charge on any atom is -0.380 e. The highest BCUT2D eigenvalue weighted by molar-refractivity contribution is 7.89. The second kappa shape index (κ2) is 8.35. The monoisotopic (exact) mass is 402 g/mol. The Hall–Kier alpha value is -3.00. The fourth-order valence-electron chi connectivity index (χ4n) is 2.81. The summed E-state index contributed by atoms with van der Waals surface area (Å²) in [6, 6.07) is 12.4. The molecule has 28 heavy (non-hydrogen) atoms. The van der Waals surface area contributed by atoms with Crippen LogP contribution in [0.25, 0.3) is 0 Å². The standard InChI is InChI=1S/C18H18N4O5S/c19-12-15-11-16(22(23)24)3-6-18(15)20-13-14-1-4-17(5-2-14)28(25,26)21-7-9-27-10-8-21/h1-6,11,20H,7-10,13H2. The molecule has 10 heteroatoms. The number of hydrogen-bond donors (Lipinski definition) is 1. The van der Waals surface area contributed by atoms with E-state index in [4.69, 9.17) is 4.74 Å². The largest absolute Gasteiger partial charge is 0.380 e. The maximum absolute atomic E-state index is 12.6. The third-order valence-corrected chi connectivity index (χ3v) is 6.26. The van der Waals surface area contributed by atoms with Gasteiger partial charge >= 0.3 is 0 Å². The summed E-state index contributed by atoms with van der Waals surface area (Å²) in [4.78, 5) is 10.5. The van der Waals surface area contributed by atoms with Gasteiger partial charge < -0.3 is 10.1 Å². The Morgan fingerprint density at radius 1 is 1.18 bits per heavy atom. The van der Waals surface area contributed by atoms with Gasteiger partial charge in [-0.15, -0.1) is 0 Å². The number of sulfonamides is 1. The Morgan fingerprint density at radius 3 is 2.46 bits per heavy atom. The van der Waals surface area contributed by atoms with E-state index in [2.05, 4.69) is 5.32 Å². The van der Waals surface area contributed by atoms with Crippen molar-refractivity contribution in [2.75, 3.05) is 31.6 Å². The molecule has 1 heterocycles. The first-order valence-electron chi connectivity index (χ1n) is 8.51. The lowest BCUT2D eigenvalue weighted by Gasteiger charge is -2.26. The van der Waals surface area contributed by atoms with E-state index in [1.54, 1.807) is 24.3 Å². The van der Waals surface area contributed by atoms with Crippen LogP contribution in [0.15, 0.2) is 47.4 Å². The highest BCUT2D eigenvalue weighted by atomic mass is 32.2. The summed E-state index contributed by atoms with van der Waals surface area (Å²) in [5, 5.41) is 23.0. The van der Waals surface area contributed by atoms with Crippen LogP contribution in [0.2, 0.25) is 0 Å². The van der Waals surface area contributed by atoms with E-state index >= 15 is 0 Å². The molecule has 0 radical (unpaired) electrons. The van der Waals surface area contributed by atoms with Crippen molar-refractivity contribution in [3.05, 3.63) is 63.7 Å². The second-order valence-electron chi connectivity index (χ2n) is 6.11. The van der Waals surface area contributed by atoms with Crippen molar-refractivity contribution in [3.8, 4) is 6.07 Å². The molecule has 146 valence electrons. The third kappa shape index (κ3) is 4.28. The highest BCUT2D eigenvalue weighted by Crippen LogP contribution is 2.23. The van der Waals surface area contributed by atoms with E-state index in [1.165, 1.54) is 22.5 Å². The minimum absolute atomic E-state index is 0.153. The molecule has 0 amide bonds. The van der Waals surface area contributed by atoms with Crippen molar-refractivity contribution in [1.29, 1.82) is 5.26 Å².